The highest BCUT2D eigenvalue weighted by molar-refractivity contribution is 7.89. The van der Waals surface area contributed by atoms with Crippen LogP contribution in [-0.2, 0) is 26.0 Å². The van der Waals surface area contributed by atoms with Gasteiger partial charge < -0.3 is 24.5 Å². The Morgan fingerprint density at radius 2 is 1.69 bits per heavy atom. The minimum atomic E-state index is -3.80. The molecule has 35 heavy (non-hydrogen) atoms. The van der Waals surface area contributed by atoms with Crippen LogP contribution in [-0.4, -0.2) is 58.0 Å². The Kier molecular flexibility index (Phi) is 7.49. The monoisotopic (exact) mass is 499 g/mol. The van der Waals surface area contributed by atoms with Crippen molar-refractivity contribution in [2.75, 3.05) is 44.0 Å². The molecule has 2 amide bonds. The van der Waals surface area contributed by atoms with Crippen molar-refractivity contribution in [3.8, 4) is 5.75 Å². The van der Waals surface area contributed by atoms with Gasteiger partial charge in [0.25, 0.3) is 5.91 Å². The van der Waals surface area contributed by atoms with Gasteiger partial charge >= 0.3 is 0 Å². The minimum Gasteiger partial charge on any atom is -0.495 e. The summed E-state index contributed by atoms with van der Waals surface area (Å²) >= 11 is 0. The summed E-state index contributed by atoms with van der Waals surface area (Å²) in [5, 5.41) is 5.47. The summed E-state index contributed by atoms with van der Waals surface area (Å²) in [6, 6.07) is 14.5. The first-order chi connectivity index (χ1) is 16.9. The number of anilines is 2. The lowest BCUT2D eigenvalue weighted by Gasteiger charge is -2.26. The fourth-order valence-electron chi connectivity index (χ4n) is 3.59. The lowest BCUT2D eigenvalue weighted by Crippen LogP contribution is -2.40. The predicted octanol–water partition coefficient (Wildman–Crippen LogP) is 2.74. The van der Waals surface area contributed by atoms with Crippen molar-refractivity contribution < 1.29 is 31.9 Å². The number of benzene rings is 2. The molecule has 2 aromatic carbocycles. The van der Waals surface area contributed by atoms with Gasteiger partial charge in [-0.25, -0.2) is 8.42 Å². The molecule has 2 heterocycles. The van der Waals surface area contributed by atoms with Crippen LogP contribution in [0.3, 0.4) is 0 Å². The Bertz CT molecular complexity index is 1280. The molecular weight excluding hydrogens is 474 g/mol. The average molecular weight is 500 g/mol. The number of rotatable bonds is 8. The zero-order valence-electron chi connectivity index (χ0n) is 19.0. The van der Waals surface area contributed by atoms with Crippen molar-refractivity contribution in [1.82, 2.24) is 4.31 Å². The first kappa shape index (κ1) is 24.5. The van der Waals surface area contributed by atoms with Gasteiger partial charge in [-0.3, -0.25) is 9.59 Å². The number of hydrogen-bond donors (Lipinski definition) is 2. The Labute approximate surface area is 202 Å². The van der Waals surface area contributed by atoms with Gasteiger partial charge in [0.15, 0.2) is 5.76 Å². The lowest BCUT2D eigenvalue weighted by molar-refractivity contribution is -0.115. The first-order valence-electron chi connectivity index (χ1n) is 10.9. The van der Waals surface area contributed by atoms with Gasteiger partial charge in [-0.15, -0.1) is 0 Å². The quantitative estimate of drug-likeness (QED) is 0.488. The number of sulfonamides is 1. The van der Waals surface area contributed by atoms with Gasteiger partial charge in [-0.1, -0.05) is 6.07 Å². The van der Waals surface area contributed by atoms with Crippen LogP contribution in [0.15, 0.2) is 70.2 Å². The number of nitrogens with zero attached hydrogens (tertiary/aromatic N) is 1. The summed E-state index contributed by atoms with van der Waals surface area (Å²) < 4.78 is 43.2. The average Bonchev–Trinajstić information content (AvgIpc) is 3.41. The molecule has 0 bridgehead atoms. The molecule has 0 unspecified atom stereocenters. The molecular formula is C24H25N3O7S. The standard InChI is InChI=1S/C24H25N3O7S/c1-32-20-9-4-17(15-22(20)35(30,31)27-10-13-33-14-11-27)16-23(28)25-18-5-7-19(8-6-18)26-24(29)21-3-2-12-34-21/h2-9,12,15H,10-11,13-14,16H2,1H3,(H,25,28)(H,26,29). The Morgan fingerprint density at radius 3 is 2.31 bits per heavy atom. The predicted molar refractivity (Wildman–Crippen MR) is 128 cm³/mol. The number of amides is 2. The highest BCUT2D eigenvalue weighted by Crippen LogP contribution is 2.29. The van der Waals surface area contributed by atoms with Crippen molar-refractivity contribution in [3.05, 3.63) is 72.2 Å². The molecule has 4 rings (SSSR count). The smallest absolute Gasteiger partial charge is 0.291 e. The van der Waals surface area contributed by atoms with E-state index < -0.39 is 10.0 Å². The molecule has 1 fully saturated rings. The topological polar surface area (TPSA) is 127 Å². The third kappa shape index (κ3) is 5.88. The Hall–Kier alpha value is -3.67. The van der Waals surface area contributed by atoms with E-state index >= 15 is 0 Å². The highest BCUT2D eigenvalue weighted by atomic mass is 32.2. The number of morpholine rings is 1. The number of nitrogens with one attached hydrogen (secondary N) is 2. The van der Waals surface area contributed by atoms with Crippen molar-refractivity contribution >= 4 is 33.2 Å². The van der Waals surface area contributed by atoms with Crippen LogP contribution >= 0.6 is 0 Å². The number of carbonyl (C=O) groups excluding carboxylic acids is 2. The number of furan rings is 1. The molecule has 0 spiro atoms. The highest BCUT2D eigenvalue weighted by Gasteiger charge is 2.29. The van der Waals surface area contributed by atoms with Gasteiger partial charge in [-0.2, -0.15) is 4.31 Å². The van der Waals surface area contributed by atoms with Crippen LogP contribution in [0.1, 0.15) is 16.1 Å². The number of carbonyl (C=O) groups is 2. The molecule has 3 aromatic rings. The van der Waals surface area contributed by atoms with E-state index in [1.807, 2.05) is 0 Å². The maximum atomic E-state index is 13.1. The van der Waals surface area contributed by atoms with E-state index in [9.17, 15) is 18.0 Å². The lowest BCUT2D eigenvalue weighted by atomic mass is 10.1. The fourth-order valence-corrected chi connectivity index (χ4v) is 5.20. The molecule has 0 aliphatic carbocycles. The van der Waals surface area contributed by atoms with Crippen molar-refractivity contribution in [2.45, 2.75) is 11.3 Å². The molecule has 1 aromatic heterocycles. The second-order valence-electron chi connectivity index (χ2n) is 7.74. The van der Waals surface area contributed by atoms with Crippen LogP contribution in [0.25, 0.3) is 0 Å². The zero-order chi connectivity index (χ0) is 24.8. The molecule has 0 saturated carbocycles. The normalized spacial score (nSPS) is 14.3. The number of ether oxygens (including phenoxy) is 2. The van der Waals surface area contributed by atoms with Crippen LogP contribution in [0.5, 0.6) is 5.75 Å². The van der Waals surface area contributed by atoms with Gasteiger partial charge in [-0.05, 0) is 54.1 Å². The summed E-state index contributed by atoms with van der Waals surface area (Å²) in [6.07, 6.45) is 1.38. The number of methoxy groups -OCH3 is 1. The molecule has 1 aliphatic rings. The van der Waals surface area contributed by atoms with Crippen LogP contribution in [0, 0.1) is 0 Å². The van der Waals surface area contributed by atoms with Crippen LogP contribution in [0.2, 0.25) is 0 Å². The van der Waals surface area contributed by atoms with E-state index in [4.69, 9.17) is 13.9 Å². The summed E-state index contributed by atoms with van der Waals surface area (Å²) in [5.74, 6) is -0.295. The molecule has 10 nitrogen and oxygen atoms in total. The van der Waals surface area contributed by atoms with Gasteiger partial charge in [0.2, 0.25) is 15.9 Å². The molecule has 184 valence electrons. The summed E-state index contributed by atoms with van der Waals surface area (Å²) in [5.41, 5.74) is 1.59. The van der Waals surface area contributed by atoms with E-state index in [-0.39, 0.29) is 47.7 Å². The van der Waals surface area contributed by atoms with Crippen molar-refractivity contribution in [1.29, 1.82) is 0 Å². The van der Waals surface area contributed by atoms with E-state index in [1.165, 1.54) is 23.7 Å². The minimum absolute atomic E-state index is 0.0175. The van der Waals surface area contributed by atoms with Crippen molar-refractivity contribution in [2.24, 2.45) is 0 Å². The van der Waals surface area contributed by atoms with E-state index in [1.54, 1.807) is 48.5 Å². The first-order valence-corrected chi connectivity index (χ1v) is 12.3. The van der Waals surface area contributed by atoms with E-state index in [0.717, 1.165) is 0 Å². The van der Waals surface area contributed by atoms with Crippen molar-refractivity contribution in [3.63, 3.8) is 0 Å². The van der Waals surface area contributed by atoms with Gasteiger partial charge in [0.1, 0.15) is 10.6 Å². The molecule has 0 atom stereocenters. The molecule has 2 N–H and O–H groups in total. The van der Waals surface area contributed by atoms with Gasteiger partial charge in [0, 0.05) is 24.5 Å². The Balaban J connectivity index is 1.41. The maximum Gasteiger partial charge on any atom is 0.291 e. The second kappa shape index (κ2) is 10.7. The van der Waals surface area contributed by atoms with Crippen LogP contribution < -0.4 is 15.4 Å². The zero-order valence-corrected chi connectivity index (χ0v) is 19.8. The summed E-state index contributed by atoms with van der Waals surface area (Å²) in [7, 11) is -2.39. The Morgan fingerprint density at radius 1 is 1.00 bits per heavy atom. The molecule has 0 radical (unpaired) electrons. The summed E-state index contributed by atoms with van der Waals surface area (Å²) in [4.78, 5) is 24.7. The van der Waals surface area contributed by atoms with Gasteiger partial charge in [0.05, 0.1) is 33.0 Å². The SMILES string of the molecule is COc1ccc(CC(=O)Nc2ccc(NC(=O)c3ccco3)cc2)cc1S(=O)(=O)N1CCOCC1. The second-order valence-corrected chi connectivity index (χ2v) is 9.64. The molecule has 1 saturated heterocycles. The molecule has 1 aliphatic heterocycles. The third-order valence-electron chi connectivity index (χ3n) is 5.35. The van der Waals surface area contributed by atoms with Crippen LogP contribution in [0.4, 0.5) is 11.4 Å². The van der Waals surface area contributed by atoms with E-state index in [2.05, 4.69) is 10.6 Å². The van der Waals surface area contributed by atoms with E-state index in [0.29, 0.717) is 30.2 Å². The summed E-state index contributed by atoms with van der Waals surface area (Å²) in [6.45, 7) is 1.17. The number of hydrogen-bond acceptors (Lipinski definition) is 7. The molecule has 11 heteroatoms. The largest absolute Gasteiger partial charge is 0.495 e. The fraction of sp³-hybridized carbons (Fsp3) is 0.250. The third-order valence-corrected chi connectivity index (χ3v) is 7.27. The maximum absolute atomic E-state index is 13.1.